The molecular formula is C27H29N3O3S3. The number of thiocarbonyl (C=S) groups is 1. The van der Waals surface area contributed by atoms with Gasteiger partial charge in [-0.15, -0.1) is 23.1 Å². The third-order valence-electron chi connectivity index (χ3n) is 5.86. The Bertz CT molecular complexity index is 1240. The molecule has 0 bridgehead atoms. The number of aryl methyl sites for hydroxylation is 1. The standard InChI is InChI=1S/C27H29N3O3S3/c1-3-21(24(31)30-25-23(26(32)33-2)20-14-7-8-15-22(20)36-25)35-19-13-9-12-18(16-19)29-27(34)28-17-10-5-4-6-11-17/h4-6,9-13,16,21H,3,7-8,14-15H2,1-2H3,(H,30,31)(H2,28,29,34). The molecular weight excluding hydrogens is 511 g/mol. The zero-order valence-corrected chi connectivity index (χ0v) is 22.7. The van der Waals surface area contributed by atoms with Gasteiger partial charge in [-0.25, -0.2) is 4.79 Å². The summed E-state index contributed by atoms with van der Waals surface area (Å²) in [7, 11) is 1.38. The molecule has 0 saturated heterocycles. The Morgan fingerprint density at radius 3 is 2.50 bits per heavy atom. The molecule has 1 atom stereocenters. The zero-order valence-electron chi connectivity index (χ0n) is 20.3. The number of nitrogens with one attached hydrogen (secondary N) is 3. The molecule has 1 aliphatic carbocycles. The topological polar surface area (TPSA) is 79.5 Å². The van der Waals surface area contributed by atoms with E-state index in [-0.39, 0.29) is 17.1 Å². The minimum absolute atomic E-state index is 0.120. The third kappa shape index (κ3) is 6.46. The second-order valence-corrected chi connectivity index (χ2v) is 11.2. The van der Waals surface area contributed by atoms with Gasteiger partial charge in [-0.1, -0.05) is 31.2 Å². The Morgan fingerprint density at radius 2 is 1.75 bits per heavy atom. The van der Waals surface area contributed by atoms with Crippen LogP contribution in [0.2, 0.25) is 0 Å². The highest BCUT2D eigenvalue weighted by Gasteiger charge is 2.28. The van der Waals surface area contributed by atoms with Gasteiger partial charge in [0, 0.05) is 21.1 Å². The van der Waals surface area contributed by atoms with Crippen LogP contribution in [0.4, 0.5) is 16.4 Å². The number of carbonyl (C=O) groups excluding carboxylic acids is 2. The molecule has 6 nitrogen and oxygen atoms in total. The SMILES string of the molecule is CCC(Sc1cccc(NC(=S)Nc2ccccc2)c1)C(=O)Nc1sc2c(c1C(=O)OC)CCCC2. The number of hydrogen-bond acceptors (Lipinski definition) is 6. The average Bonchev–Trinajstić information content (AvgIpc) is 3.25. The largest absolute Gasteiger partial charge is 0.465 e. The number of thioether (sulfide) groups is 1. The van der Waals surface area contributed by atoms with Gasteiger partial charge < -0.3 is 20.7 Å². The molecule has 0 spiro atoms. The van der Waals surface area contributed by atoms with E-state index in [4.69, 9.17) is 17.0 Å². The molecule has 188 valence electrons. The van der Waals surface area contributed by atoms with E-state index in [0.29, 0.717) is 22.1 Å². The van der Waals surface area contributed by atoms with Crippen molar-refractivity contribution in [3.63, 3.8) is 0 Å². The second-order valence-electron chi connectivity index (χ2n) is 8.38. The summed E-state index contributed by atoms with van der Waals surface area (Å²) in [5.41, 5.74) is 3.30. The number of anilines is 3. The summed E-state index contributed by atoms with van der Waals surface area (Å²) in [5, 5.41) is 10.2. The minimum atomic E-state index is -0.385. The lowest BCUT2D eigenvalue weighted by Crippen LogP contribution is -2.25. The first kappa shape index (κ1) is 26.2. The van der Waals surface area contributed by atoms with Gasteiger partial charge >= 0.3 is 5.97 Å². The van der Waals surface area contributed by atoms with E-state index in [2.05, 4.69) is 16.0 Å². The van der Waals surface area contributed by atoms with Crippen LogP contribution < -0.4 is 16.0 Å². The second kappa shape index (κ2) is 12.4. The molecule has 9 heteroatoms. The monoisotopic (exact) mass is 539 g/mol. The highest BCUT2D eigenvalue weighted by atomic mass is 32.2. The number of carbonyl (C=O) groups is 2. The van der Waals surface area contributed by atoms with Gasteiger partial charge in [0.05, 0.1) is 17.9 Å². The lowest BCUT2D eigenvalue weighted by atomic mass is 9.95. The molecule has 3 N–H and O–H groups in total. The number of benzene rings is 2. The van der Waals surface area contributed by atoms with E-state index in [1.165, 1.54) is 35.1 Å². The highest BCUT2D eigenvalue weighted by molar-refractivity contribution is 8.00. The summed E-state index contributed by atoms with van der Waals surface area (Å²) in [5.74, 6) is -0.505. The lowest BCUT2D eigenvalue weighted by Gasteiger charge is -2.16. The van der Waals surface area contributed by atoms with Gasteiger partial charge in [-0.2, -0.15) is 0 Å². The zero-order chi connectivity index (χ0) is 25.5. The molecule has 2 aromatic carbocycles. The van der Waals surface area contributed by atoms with Gasteiger partial charge in [-0.05, 0) is 80.2 Å². The Kier molecular flexibility index (Phi) is 9.01. The number of methoxy groups -OCH3 is 1. The van der Waals surface area contributed by atoms with Crippen molar-refractivity contribution in [1.29, 1.82) is 0 Å². The lowest BCUT2D eigenvalue weighted by molar-refractivity contribution is -0.115. The quantitative estimate of drug-likeness (QED) is 0.166. The van der Waals surface area contributed by atoms with Crippen molar-refractivity contribution in [2.45, 2.75) is 49.2 Å². The van der Waals surface area contributed by atoms with Gasteiger partial charge in [0.2, 0.25) is 5.91 Å². The Balaban J connectivity index is 1.43. The fourth-order valence-corrected chi connectivity index (χ4v) is 6.64. The number of fused-ring (bicyclic) bond motifs is 1. The number of thiophene rings is 1. The van der Waals surface area contributed by atoms with Crippen LogP contribution in [0.3, 0.4) is 0 Å². The molecule has 1 aliphatic rings. The molecule has 0 fully saturated rings. The molecule has 0 aliphatic heterocycles. The van der Waals surface area contributed by atoms with Crippen molar-refractivity contribution in [2.24, 2.45) is 0 Å². The summed E-state index contributed by atoms with van der Waals surface area (Å²) in [4.78, 5) is 27.9. The molecule has 1 aromatic heterocycles. The van der Waals surface area contributed by atoms with Crippen molar-refractivity contribution < 1.29 is 14.3 Å². The smallest absolute Gasteiger partial charge is 0.341 e. The van der Waals surface area contributed by atoms with Crippen molar-refractivity contribution in [3.05, 3.63) is 70.6 Å². The normalized spacial score (nSPS) is 13.3. The van der Waals surface area contributed by atoms with E-state index in [1.54, 1.807) is 0 Å². The molecule has 1 unspecified atom stereocenters. The van der Waals surface area contributed by atoms with E-state index >= 15 is 0 Å². The third-order valence-corrected chi connectivity index (χ3v) is 8.63. The molecule has 4 rings (SSSR count). The van der Waals surface area contributed by atoms with Crippen LogP contribution in [0, 0.1) is 0 Å². The highest BCUT2D eigenvalue weighted by Crippen LogP contribution is 2.39. The predicted molar refractivity (Wildman–Crippen MR) is 154 cm³/mol. The Hall–Kier alpha value is -2.88. The summed E-state index contributed by atoms with van der Waals surface area (Å²) >= 11 is 8.43. The van der Waals surface area contributed by atoms with Crippen LogP contribution in [-0.4, -0.2) is 29.3 Å². The van der Waals surface area contributed by atoms with Crippen LogP contribution in [0.25, 0.3) is 0 Å². The fraction of sp³-hybridized carbons (Fsp3) is 0.296. The van der Waals surface area contributed by atoms with Gasteiger partial charge in [0.1, 0.15) is 5.00 Å². The molecule has 36 heavy (non-hydrogen) atoms. The summed E-state index contributed by atoms with van der Waals surface area (Å²) < 4.78 is 5.04. The first-order valence-corrected chi connectivity index (χ1v) is 14.0. The van der Waals surface area contributed by atoms with Gasteiger partial charge in [0.15, 0.2) is 5.11 Å². The van der Waals surface area contributed by atoms with Crippen molar-refractivity contribution in [3.8, 4) is 0 Å². The summed E-state index contributed by atoms with van der Waals surface area (Å²) in [6, 6.07) is 17.5. The maximum absolute atomic E-state index is 13.3. The number of para-hydroxylation sites is 1. The van der Waals surface area contributed by atoms with Crippen molar-refractivity contribution >= 4 is 68.7 Å². The van der Waals surface area contributed by atoms with Gasteiger partial charge in [0.25, 0.3) is 0 Å². The van der Waals surface area contributed by atoms with Crippen LogP contribution in [-0.2, 0) is 22.4 Å². The number of esters is 1. The minimum Gasteiger partial charge on any atom is -0.465 e. The van der Waals surface area contributed by atoms with E-state index in [9.17, 15) is 9.59 Å². The van der Waals surface area contributed by atoms with E-state index in [1.807, 2.05) is 61.5 Å². The molecule has 0 saturated carbocycles. The molecule has 1 amide bonds. The first-order valence-electron chi connectivity index (χ1n) is 11.9. The van der Waals surface area contributed by atoms with Crippen LogP contribution in [0.1, 0.15) is 47.0 Å². The fourth-order valence-electron chi connectivity index (χ4n) is 4.11. The van der Waals surface area contributed by atoms with Crippen LogP contribution in [0.5, 0.6) is 0 Å². The Labute approximate surface area is 225 Å². The molecule has 3 aromatic rings. The number of ether oxygens (including phenoxy) is 1. The first-order chi connectivity index (χ1) is 17.5. The maximum Gasteiger partial charge on any atom is 0.341 e. The Morgan fingerprint density at radius 1 is 1.03 bits per heavy atom. The van der Waals surface area contributed by atoms with Crippen molar-refractivity contribution in [2.75, 3.05) is 23.1 Å². The summed E-state index contributed by atoms with van der Waals surface area (Å²) in [6.45, 7) is 1.99. The van der Waals surface area contributed by atoms with Crippen LogP contribution >= 0.6 is 35.3 Å². The molecule has 0 radical (unpaired) electrons. The van der Waals surface area contributed by atoms with E-state index in [0.717, 1.165) is 47.5 Å². The van der Waals surface area contributed by atoms with Gasteiger partial charge in [-0.3, -0.25) is 4.79 Å². The van der Waals surface area contributed by atoms with Crippen LogP contribution in [0.15, 0.2) is 59.5 Å². The number of amides is 1. The maximum atomic E-state index is 13.3. The summed E-state index contributed by atoms with van der Waals surface area (Å²) in [6.07, 6.45) is 4.57. The predicted octanol–water partition coefficient (Wildman–Crippen LogP) is 6.73. The molecule has 1 heterocycles. The average molecular weight is 540 g/mol. The van der Waals surface area contributed by atoms with Crippen molar-refractivity contribution in [1.82, 2.24) is 0 Å². The number of rotatable bonds is 8. The number of hydrogen-bond donors (Lipinski definition) is 3. The van der Waals surface area contributed by atoms with E-state index < -0.39 is 0 Å².